The van der Waals surface area contributed by atoms with Gasteiger partial charge in [0, 0.05) is 14.6 Å². The Kier molecular flexibility index (Phi) is 4.73. The van der Waals surface area contributed by atoms with Crippen LogP contribution in [0.15, 0.2) is 22.7 Å². The molecule has 1 aliphatic heterocycles. The second kappa shape index (κ2) is 6.01. The number of hydrogen-bond donors (Lipinski definition) is 1. The molecule has 0 saturated carbocycles. The van der Waals surface area contributed by atoms with E-state index < -0.39 is 11.5 Å². The fourth-order valence-corrected chi connectivity index (χ4v) is 3.38. The Bertz CT molecular complexity index is 563. The molecule has 1 N–H and O–H groups in total. The van der Waals surface area contributed by atoms with Gasteiger partial charge in [-0.25, -0.2) is 4.79 Å². The first kappa shape index (κ1) is 15.8. The summed E-state index contributed by atoms with van der Waals surface area (Å²) in [6.45, 7) is 2.12. The lowest BCUT2D eigenvalue weighted by atomic mass is 9.88. The molecule has 1 atom stereocenters. The monoisotopic (exact) mass is 451 g/mol. The van der Waals surface area contributed by atoms with E-state index in [2.05, 4.69) is 38.5 Å². The number of nitrogens with zero attached hydrogens (tertiary/aromatic N) is 1. The molecule has 108 valence electrons. The molecule has 1 amide bonds. The van der Waals surface area contributed by atoms with E-state index in [0.29, 0.717) is 23.0 Å². The van der Waals surface area contributed by atoms with Crippen LogP contribution in [0.3, 0.4) is 0 Å². The Labute approximate surface area is 139 Å². The summed E-state index contributed by atoms with van der Waals surface area (Å²) in [5.41, 5.74) is -0.595. The first-order valence-corrected chi connectivity index (χ1v) is 8.24. The number of amides is 1. The lowest BCUT2D eigenvalue weighted by molar-refractivity contribution is -0.150. The van der Waals surface area contributed by atoms with E-state index >= 15 is 0 Å². The van der Waals surface area contributed by atoms with E-state index in [4.69, 9.17) is 0 Å². The highest BCUT2D eigenvalue weighted by atomic mass is 127. The smallest absolute Gasteiger partial charge is 0.329 e. The molecule has 0 aliphatic carbocycles. The van der Waals surface area contributed by atoms with Gasteiger partial charge in [-0.05, 0) is 82.9 Å². The SMILES string of the molecule is CC1(C(=O)O)CCCCN1C(=O)c1cc(I)ccc1Br. The van der Waals surface area contributed by atoms with Crippen LogP contribution in [0.5, 0.6) is 0 Å². The van der Waals surface area contributed by atoms with Gasteiger partial charge in [-0.1, -0.05) is 0 Å². The molecule has 20 heavy (non-hydrogen) atoms. The molecule has 0 radical (unpaired) electrons. The topological polar surface area (TPSA) is 57.6 Å². The molecule has 1 aromatic carbocycles. The first-order chi connectivity index (χ1) is 9.36. The fourth-order valence-electron chi connectivity index (χ4n) is 2.48. The van der Waals surface area contributed by atoms with Crippen molar-refractivity contribution in [2.75, 3.05) is 6.54 Å². The quantitative estimate of drug-likeness (QED) is 0.700. The van der Waals surface area contributed by atoms with Crippen LogP contribution in [0.1, 0.15) is 36.5 Å². The largest absolute Gasteiger partial charge is 0.480 e. The summed E-state index contributed by atoms with van der Waals surface area (Å²) in [6.07, 6.45) is 2.17. The number of carbonyl (C=O) groups is 2. The number of carboxylic acid groups (broad SMARTS) is 1. The van der Waals surface area contributed by atoms with Gasteiger partial charge in [0.2, 0.25) is 0 Å². The van der Waals surface area contributed by atoms with Crippen molar-refractivity contribution in [1.29, 1.82) is 0 Å². The van der Waals surface area contributed by atoms with Crippen molar-refractivity contribution in [3.63, 3.8) is 0 Å². The summed E-state index contributed by atoms with van der Waals surface area (Å²) >= 11 is 5.51. The van der Waals surface area contributed by atoms with Gasteiger partial charge in [-0.3, -0.25) is 4.79 Å². The van der Waals surface area contributed by atoms with E-state index in [1.165, 1.54) is 4.90 Å². The average molecular weight is 452 g/mol. The second-order valence-corrected chi connectivity index (χ2v) is 7.22. The van der Waals surface area contributed by atoms with Crippen LogP contribution in [-0.2, 0) is 4.79 Å². The Morgan fingerprint density at radius 3 is 2.75 bits per heavy atom. The zero-order valence-electron chi connectivity index (χ0n) is 11.0. The van der Waals surface area contributed by atoms with Crippen molar-refractivity contribution in [3.05, 3.63) is 31.8 Å². The van der Waals surface area contributed by atoms with Crippen molar-refractivity contribution < 1.29 is 14.7 Å². The average Bonchev–Trinajstić information content (AvgIpc) is 2.41. The third-order valence-corrected chi connectivity index (χ3v) is 5.12. The highest BCUT2D eigenvalue weighted by molar-refractivity contribution is 14.1. The number of carboxylic acids is 1. The maximum Gasteiger partial charge on any atom is 0.329 e. The van der Waals surface area contributed by atoms with Crippen molar-refractivity contribution in [2.24, 2.45) is 0 Å². The molecular weight excluding hydrogens is 437 g/mol. The Balaban J connectivity index is 2.40. The first-order valence-electron chi connectivity index (χ1n) is 6.36. The van der Waals surface area contributed by atoms with Gasteiger partial charge in [0.25, 0.3) is 5.91 Å². The zero-order valence-corrected chi connectivity index (χ0v) is 14.8. The number of piperidine rings is 1. The number of carbonyl (C=O) groups excluding carboxylic acids is 1. The summed E-state index contributed by atoms with van der Waals surface area (Å²) in [7, 11) is 0. The van der Waals surface area contributed by atoms with Gasteiger partial charge in [0.05, 0.1) is 5.56 Å². The zero-order chi connectivity index (χ0) is 14.9. The summed E-state index contributed by atoms with van der Waals surface area (Å²) in [4.78, 5) is 25.8. The van der Waals surface area contributed by atoms with Gasteiger partial charge < -0.3 is 10.0 Å². The van der Waals surface area contributed by atoms with Crippen LogP contribution in [-0.4, -0.2) is 34.0 Å². The van der Waals surface area contributed by atoms with Gasteiger partial charge in [0.1, 0.15) is 5.54 Å². The third-order valence-electron chi connectivity index (χ3n) is 3.76. The minimum absolute atomic E-state index is 0.222. The van der Waals surface area contributed by atoms with Crippen LogP contribution >= 0.6 is 38.5 Å². The minimum atomic E-state index is -1.12. The van der Waals surface area contributed by atoms with Crippen molar-refractivity contribution >= 4 is 50.4 Å². The molecule has 2 rings (SSSR count). The Morgan fingerprint density at radius 1 is 1.40 bits per heavy atom. The minimum Gasteiger partial charge on any atom is -0.480 e. The number of halogens is 2. The lowest BCUT2D eigenvalue weighted by Gasteiger charge is -2.41. The van der Waals surface area contributed by atoms with Crippen molar-refractivity contribution in [2.45, 2.75) is 31.7 Å². The third kappa shape index (κ3) is 2.86. The summed E-state index contributed by atoms with van der Waals surface area (Å²) in [5, 5.41) is 9.48. The van der Waals surface area contributed by atoms with Crippen LogP contribution in [0.2, 0.25) is 0 Å². The number of rotatable bonds is 2. The lowest BCUT2D eigenvalue weighted by Crippen LogP contribution is -2.57. The fraction of sp³-hybridized carbons (Fsp3) is 0.429. The molecule has 1 aromatic rings. The van der Waals surface area contributed by atoms with Crippen LogP contribution < -0.4 is 0 Å². The summed E-state index contributed by atoms with van der Waals surface area (Å²) in [6, 6.07) is 5.49. The van der Waals surface area contributed by atoms with Crippen molar-refractivity contribution in [3.8, 4) is 0 Å². The Morgan fingerprint density at radius 2 is 2.10 bits per heavy atom. The number of aliphatic carboxylic acids is 1. The molecule has 1 aliphatic rings. The predicted octanol–water partition coefficient (Wildman–Crippen LogP) is 3.52. The number of hydrogen-bond acceptors (Lipinski definition) is 2. The van der Waals surface area contributed by atoms with Gasteiger partial charge in [-0.15, -0.1) is 0 Å². The summed E-state index contributed by atoms with van der Waals surface area (Å²) in [5.74, 6) is -1.16. The van der Waals surface area contributed by atoms with Crippen LogP contribution in [0.25, 0.3) is 0 Å². The highest BCUT2D eigenvalue weighted by Gasteiger charge is 2.44. The second-order valence-electron chi connectivity index (χ2n) is 5.12. The molecule has 0 spiro atoms. The molecule has 1 fully saturated rings. The van der Waals surface area contributed by atoms with Crippen molar-refractivity contribution in [1.82, 2.24) is 4.90 Å². The Hall–Kier alpha value is -0.630. The van der Waals surface area contributed by atoms with Crippen LogP contribution in [0, 0.1) is 3.57 Å². The van der Waals surface area contributed by atoms with E-state index in [-0.39, 0.29) is 5.91 Å². The predicted molar refractivity (Wildman–Crippen MR) is 87.8 cm³/mol. The number of likely N-dealkylation sites (tertiary alicyclic amines) is 1. The molecular formula is C14H15BrINO3. The van der Waals surface area contributed by atoms with Crippen LogP contribution in [0.4, 0.5) is 0 Å². The molecule has 1 saturated heterocycles. The molecule has 6 heteroatoms. The summed E-state index contributed by atoms with van der Waals surface area (Å²) < 4.78 is 1.64. The highest BCUT2D eigenvalue weighted by Crippen LogP contribution is 2.31. The number of benzene rings is 1. The van der Waals surface area contributed by atoms with E-state index in [9.17, 15) is 14.7 Å². The molecule has 0 bridgehead atoms. The van der Waals surface area contributed by atoms with Gasteiger partial charge >= 0.3 is 5.97 Å². The maximum atomic E-state index is 12.7. The molecule has 1 heterocycles. The van der Waals surface area contributed by atoms with Gasteiger partial charge in [-0.2, -0.15) is 0 Å². The van der Waals surface area contributed by atoms with E-state index in [1.54, 1.807) is 13.0 Å². The maximum absolute atomic E-state index is 12.7. The standard InChI is InChI=1S/C14H15BrINO3/c1-14(13(19)20)6-2-3-7-17(14)12(18)10-8-9(16)4-5-11(10)15/h4-5,8H,2-3,6-7H2,1H3,(H,19,20). The molecule has 4 nitrogen and oxygen atoms in total. The van der Waals surface area contributed by atoms with Gasteiger partial charge in [0.15, 0.2) is 0 Å². The van der Waals surface area contributed by atoms with E-state index in [0.717, 1.165) is 16.4 Å². The normalized spacial score (nSPS) is 22.6. The molecule has 1 unspecified atom stereocenters. The van der Waals surface area contributed by atoms with E-state index in [1.807, 2.05) is 12.1 Å². The molecule has 0 aromatic heterocycles.